The lowest BCUT2D eigenvalue weighted by molar-refractivity contribution is -0.144. The summed E-state index contributed by atoms with van der Waals surface area (Å²) in [6.45, 7) is 7.42. The quantitative estimate of drug-likeness (QED) is 0.319. The van der Waals surface area contributed by atoms with Gasteiger partial charge in [-0.1, -0.05) is 39.3 Å². The highest BCUT2D eigenvalue weighted by molar-refractivity contribution is 6.38. The summed E-state index contributed by atoms with van der Waals surface area (Å²) in [6, 6.07) is -3.04. The number of alkyl carbamates (subject to hydrolysis) is 1. The Morgan fingerprint density at radius 2 is 1.77 bits per heavy atom. The minimum Gasteiger partial charge on any atom is -0.446 e. The second kappa shape index (κ2) is 13.1. The first-order valence-electron chi connectivity index (χ1n) is 15.6. The van der Waals surface area contributed by atoms with Crippen molar-refractivity contribution >= 4 is 35.4 Å². The van der Waals surface area contributed by atoms with Gasteiger partial charge in [0.25, 0.3) is 5.91 Å². The topological polar surface area (TPSA) is 159 Å². The second-order valence-electron chi connectivity index (χ2n) is 13.8. The van der Waals surface area contributed by atoms with Gasteiger partial charge in [0.05, 0.1) is 19.0 Å². The van der Waals surface area contributed by atoms with Gasteiger partial charge in [0.2, 0.25) is 17.6 Å². The van der Waals surface area contributed by atoms with Crippen LogP contribution in [0.15, 0.2) is 5.16 Å². The zero-order valence-corrected chi connectivity index (χ0v) is 26.4. The molecule has 0 bridgehead atoms. The van der Waals surface area contributed by atoms with Gasteiger partial charge < -0.3 is 35.3 Å². The Morgan fingerprint density at radius 3 is 2.33 bits per heavy atom. The lowest BCUT2D eigenvalue weighted by Gasteiger charge is -2.35. The number of hydrogen-bond acceptors (Lipinski definition) is 9. The fraction of sp³-hybridized carbons (Fsp3) is 0.800. The predicted molar refractivity (Wildman–Crippen MR) is 158 cm³/mol. The highest BCUT2D eigenvalue weighted by Crippen LogP contribution is 2.39. The number of likely N-dealkylation sites (tertiary alicyclic amines) is 1. The van der Waals surface area contributed by atoms with E-state index in [0.717, 1.165) is 38.5 Å². The molecule has 4 atom stereocenters. The van der Waals surface area contributed by atoms with Crippen molar-refractivity contribution in [3.8, 4) is 0 Å². The van der Waals surface area contributed by atoms with E-state index in [9.17, 15) is 24.0 Å². The van der Waals surface area contributed by atoms with E-state index in [4.69, 9.17) is 9.57 Å². The van der Waals surface area contributed by atoms with E-state index in [1.807, 2.05) is 46.7 Å². The van der Waals surface area contributed by atoms with Crippen molar-refractivity contribution < 1.29 is 33.5 Å². The number of hydrogen-bond donors (Lipinski definition) is 3. The van der Waals surface area contributed by atoms with Crippen LogP contribution in [0, 0.1) is 5.41 Å². The van der Waals surface area contributed by atoms with Gasteiger partial charge in [0, 0.05) is 26.6 Å². The molecule has 1 saturated heterocycles. The standard InChI is InChI=1S/C30H48N6O7/c1-7-10-20(23(37)26(39)31-18-13-14-18)32-25(38)21-15-30(16-22(34-43-30)35(5)6)17-36(21)27(40)24(29(2,3)4)33-28(41)42-19-11-8-9-12-19/h18-21,24H,7-17H2,1-6H3,(H,31,39)(H,32,38)(H,33,41)/t20-,21-,24+,30-/m0/s1. The number of nitrogens with one attached hydrogen (secondary N) is 3. The van der Waals surface area contributed by atoms with Crippen molar-refractivity contribution in [3.05, 3.63) is 0 Å². The molecule has 2 aliphatic carbocycles. The minimum absolute atomic E-state index is 0.00447. The Kier molecular flexibility index (Phi) is 9.90. The minimum atomic E-state index is -1.03. The van der Waals surface area contributed by atoms with Gasteiger partial charge in [-0.15, -0.1) is 0 Å². The fourth-order valence-corrected chi connectivity index (χ4v) is 5.94. The van der Waals surface area contributed by atoms with Gasteiger partial charge >= 0.3 is 6.09 Å². The van der Waals surface area contributed by atoms with Gasteiger partial charge in [-0.25, -0.2) is 4.79 Å². The third-order valence-corrected chi connectivity index (χ3v) is 8.62. The molecule has 1 spiro atoms. The van der Waals surface area contributed by atoms with Crippen LogP contribution < -0.4 is 16.0 Å². The molecule has 0 aromatic rings. The smallest absolute Gasteiger partial charge is 0.408 e. The highest BCUT2D eigenvalue weighted by atomic mass is 16.7. The molecular formula is C30H48N6O7. The SMILES string of the molecule is CCC[C@H](NC(=O)[C@@H]1C[C@]2(CC(N(C)C)=NO2)CN1C(=O)[C@@H](NC(=O)OC1CCCC1)C(C)(C)C)C(=O)C(=O)NC1CC1. The normalized spacial score (nSPS) is 25.0. The number of ether oxygens (including phenoxy) is 1. The summed E-state index contributed by atoms with van der Waals surface area (Å²) < 4.78 is 5.59. The van der Waals surface area contributed by atoms with Gasteiger partial charge in [0.15, 0.2) is 5.60 Å². The van der Waals surface area contributed by atoms with Gasteiger partial charge in [-0.3, -0.25) is 19.2 Å². The largest absolute Gasteiger partial charge is 0.446 e. The van der Waals surface area contributed by atoms with Crippen LogP contribution in [-0.2, 0) is 28.8 Å². The van der Waals surface area contributed by atoms with Crippen molar-refractivity contribution in [1.29, 1.82) is 0 Å². The first kappa shape index (κ1) is 32.5. The molecule has 4 rings (SSSR count). The zero-order valence-electron chi connectivity index (χ0n) is 26.4. The van der Waals surface area contributed by atoms with Crippen LogP contribution >= 0.6 is 0 Å². The molecule has 0 unspecified atom stereocenters. The molecule has 4 aliphatic rings. The molecule has 43 heavy (non-hydrogen) atoms. The maximum Gasteiger partial charge on any atom is 0.408 e. The number of carbonyl (C=O) groups is 5. The predicted octanol–water partition coefficient (Wildman–Crippen LogP) is 1.84. The third kappa shape index (κ3) is 7.97. The van der Waals surface area contributed by atoms with E-state index in [0.29, 0.717) is 18.7 Å². The van der Waals surface area contributed by atoms with E-state index < -0.39 is 58.7 Å². The third-order valence-electron chi connectivity index (χ3n) is 8.62. The Balaban J connectivity index is 1.55. The first-order chi connectivity index (χ1) is 20.2. The summed E-state index contributed by atoms with van der Waals surface area (Å²) in [4.78, 5) is 75.7. The Labute approximate surface area is 253 Å². The summed E-state index contributed by atoms with van der Waals surface area (Å²) >= 11 is 0. The van der Waals surface area contributed by atoms with Crippen molar-refractivity contribution in [2.45, 2.75) is 128 Å². The van der Waals surface area contributed by atoms with Crippen molar-refractivity contribution in [2.75, 3.05) is 20.6 Å². The molecule has 13 heteroatoms. The molecule has 13 nitrogen and oxygen atoms in total. The van der Waals surface area contributed by atoms with Crippen LogP contribution in [0.5, 0.6) is 0 Å². The number of amides is 4. The molecular weight excluding hydrogens is 556 g/mol. The van der Waals surface area contributed by atoms with E-state index in [1.165, 1.54) is 4.90 Å². The molecule has 3 fully saturated rings. The summed E-state index contributed by atoms with van der Waals surface area (Å²) in [5.74, 6) is -1.75. The van der Waals surface area contributed by atoms with Gasteiger partial charge in [-0.05, 0) is 50.4 Å². The molecule has 4 amide bonds. The van der Waals surface area contributed by atoms with E-state index in [-0.39, 0.29) is 31.5 Å². The molecule has 0 aromatic heterocycles. The van der Waals surface area contributed by atoms with Crippen LogP contribution in [0.3, 0.4) is 0 Å². The number of rotatable bonds is 10. The second-order valence-corrected chi connectivity index (χ2v) is 13.8. The van der Waals surface area contributed by atoms with E-state index in [1.54, 1.807) is 0 Å². The van der Waals surface area contributed by atoms with E-state index >= 15 is 0 Å². The fourth-order valence-electron chi connectivity index (χ4n) is 5.94. The highest BCUT2D eigenvalue weighted by Gasteiger charge is 2.56. The number of Topliss-reactive ketones (excluding diaryl/α,β-unsaturated/α-hetero) is 1. The number of carbonyl (C=O) groups excluding carboxylic acids is 5. The number of nitrogens with zero attached hydrogens (tertiary/aromatic N) is 3. The van der Waals surface area contributed by atoms with Crippen LogP contribution in [-0.4, -0.2) is 102 Å². The Morgan fingerprint density at radius 1 is 1.09 bits per heavy atom. The van der Waals surface area contributed by atoms with Gasteiger partial charge in [0.1, 0.15) is 24.0 Å². The maximum atomic E-state index is 14.3. The lowest BCUT2D eigenvalue weighted by atomic mass is 9.85. The van der Waals surface area contributed by atoms with Gasteiger partial charge in [-0.2, -0.15) is 0 Å². The maximum absolute atomic E-state index is 14.3. The van der Waals surface area contributed by atoms with Crippen molar-refractivity contribution in [1.82, 2.24) is 25.8 Å². The van der Waals surface area contributed by atoms with Crippen LogP contribution in [0.1, 0.15) is 91.9 Å². The van der Waals surface area contributed by atoms with Crippen LogP contribution in [0.2, 0.25) is 0 Å². The van der Waals surface area contributed by atoms with Crippen LogP contribution in [0.25, 0.3) is 0 Å². The lowest BCUT2D eigenvalue weighted by Crippen LogP contribution is -2.59. The number of oxime groups is 1. The molecule has 2 saturated carbocycles. The molecule has 0 aromatic carbocycles. The van der Waals surface area contributed by atoms with E-state index in [2.05, 4.69) is 21.1 Å². The van der Waals surface area contributed by atoms with Crippen molar-refractivity contribution in [3.63, 3.8) is 0 Å². The Hall–Kier alpha value is -3.38. The monoisotopic (exact) mass is 604 g/mol. The molecule has 2 aliphatic heterocycles. The summed E-state index contributed by atoms with van der Waals surface area (Å²) in [7, 11) is 3.68. The molecule has 2 heterocycles. The number of ketones is 1. The zero-order chi connectivity index (χ0) is 31.5. The average Bonchev–Trinajstić information content (AvgIpc) is 3.29. The molecule has 0 radical (unpaired) electrons. The average molecular weight is 605 g/mol. The summed E-state index contributed by atoms with van der Waals surface area (Å²) in [5, 5.41) is 12.4. The van der Waals surface area contributed by atoms with Crippen molar-refractivity contribution in [2.24, 2.45) is 10.6 Å². The first-order valence-corrected chi connectivity index (χ1v) is 15.6. The molecule has 240 valence electrons. The number of amidine groups is 1. The summed E-state index contributed by atoms with van der Waals surface area (Å²) in [6.07, 6.45) is 5.75. The summed E-state index contributed by atoms with van der Waals surface area (Å²) in [5.41, 5.74) is -1.66. The van der Waals surface area contributed by atoms with Crippen LogP contribution in [0.4, 0.5) is 4.79 Å². The Bertz CT molecular complexity index is 1120. The molecule has 3 N–H and O–H groups in total.